The van der Waals surface area contributed by atoms with Gasteiger partial charge in [0.25, 0.3) is 5.91 Å². The summed E-state index contributed by atoms with van der Waals surface area (Å²) >= 11 is 0. The van der Waals surface area contributed by atoms with Gasteiger partial charge < -0.3 is 26.2 Å². The number of carbonyl (C=O) groups is 2. The minimum Gasteiger partial charge on any atom is -0.485 e. The predicted octanol–water partition coefficient (Wildman–Crippen LogP) is 3.84. The number of amides is 1. The first-order valence-electron chi connectivity index (χ1n) is 9.46. The number of carboxylic acid groups (broad SMARTS) is 1. The van der Waals surface area contributed by atoms with Crippen molar-refractivity contribution in [1.82, 2.24) is 0 Å². The Kier molecular flexibility index (Phi) is 6.85. The molecule has 3 aromatic rings. The SMILES string of the molecule is N=C(N)Nc1cccc(C(=O)Nc2ccc(OC(CC(=O)O)c3ccccc3)cc2)c1. The Morgan fingerprint density at radius 2 is 1.65 bits per heavy atom. The first-order valence-corrected chi connectivity index (χ1v) is 9.46. The lowest BCUT2D eigenvalue weighted by Gasteiger charge is -2.18. The third-order valence-electron chi connectivity index (χ3n) is 4.33. The molecule has 3 rings (SSSR count). The predicted molar refractivity (Wildman–Crippen MR) is 118 cm³/mol. The average molecular weight is 418 g/mol. The zero-order valence-corrected chi connectivity index (χ0v) is 16.5. The molecule has 3 aromatic carbocycles. The van der Waals surface area contributed by atoms with E-state index in [2.05, 4.69) is 10.6 Å². The van der Waals surface area contributed by atoms with E-state index in [-0.39, 0.29) is 18.3 Å². The van der Waals surface area contributed by atoms with Crippen molar-refractivity contribution in [3.8, 4) is 5.75 Å². The van der Waals surface area contributed by atoms with Crippen LogP contribution in [-0.4, -0.2) is 22.9 Å². The van der Waals surface area contributed by atoms with Crippen LogP contribution in [0.2, 0.25) is 0 Å². The largest absolute Gasteiger partial charge is 0.485 e. The standard InChI is InChI=1S/C23H22N4O4/c24-23(25)27-18-8-4-7-16(13-18)22(30)26-17-9-11-19(12-10-17)31-20(14-21(28)29)15-5-2-1-3-6-15/h1-13,20H,14H2,(H,26,30)(H,28,29)(H4,24,25,27). The van der Waals surface area contributed by atoms with Crippen LogP contribution in [0.5, 0.6) is 5.75 Å². The Hall–Kier alpha value is -4.33. The highest BCUT2D eigenvalue weighted by Gasteiger charge is 2.17. The average Bonchev–Trinajstić information content (AvgIpc) is 2.74. The molecule has 6 N–H and O–H groups in total. The number of carboxylic acids is 1. The second-order valence-electron chi connectivity index (χ2n) is 6.71. The van der Waals surface area contributed by atoms with Crippen molar-refractivity contribution in [3.63, 3.8) is 0 Å². The third-order valence-corrected chi connectivity index (χ3v) is 4.33. The second-order valence-corrected chi connectivity index (χ2v) is 6.71. The number of hydrogen-bond acceptors (Lipinski definition) is 4. The van der Waals surface area contributed by atoms with Crippen molar-refractivity contribution in [2.45, 2.75) is 12.5 Å². The summed E-state index contributed by atoms with van der Waals surface area (Å²) in [6.45, 7) is 0. The van der Waals surface area contributed by atoms with Crippen molar-refractivity contribution in [1.29, 1.82) is 5.41 Å². The van der Waals surface area contributed by atoms with E-state index in [4.69, 9.17) is 15.9 Å². The number of guanidine groups is 1. The Morgan fingerprint density at radius 1 is 0.935 bits per heavy atom. The molecule has 158 valence electrons. The molecule has 0 saturated heterocycles. The maximum atomic E-state index is 12.5. The van der Waals surface area contributed by atoms with Gasteiger partial charge in [-0.15, -0.1) is 0 Å². The minimum absolute atomic E-state index is 0.173. The van der Waals surface area contributed by atoms with Gasteiger partial charge in [-0.3, -0.25) is 15.0 Å². The number of ether oxygens (including phenoxy) is 1. The molecule has 8 nitrogen and oxygen atoms in total. The summed E-state index contributed by atoms with van der Waals surface area (Å²) in [5.74, 6) is -1.02. The third kappa shape index (κ3) is 6.33. The Labute approximate surface area is 179 Å². The highest BCUT2D eigenvalue weighted by Crippen LogP contribution is 2.26. The van der Waals surface area contributed by atoms with E-state index in [9.17, 15) is 14.7 Å². The maximum absolute atomic E-state index is 12.5. The number of benzene rings is 3. The van der Waals surface area contributed by atoms with Crippen LogP contribution in [0.25, 0.3) is 0 Å². The summed E-state index contributed by atoms with van der Waals surface area (Å²) in [5, 5.41) is 21.9. The van der Waals surface area contributed by atoms with Gasteiger partial charge in [0.2, 0.25) is 0 Å². The Morgan fingerprint density at radius 3 is 2.29 bits per heavy atom. The van der Waals surface area contributed by atoms with Crippen molar-refractivity contribution in [2.75, 3.05) is 10.6 Å². The molecule has 0 saturated carbocycles. The minimum atomic E-state index is -0.959. The van der Waals surface area contributed by atoms with Crippen LogP contribution in [0.4, 0.5) is 11.4 Å². The lowest BCUT2D eigenvalue weighted by atomic mass is 10.1. The summed E-state index contributed by atoms with van der Waals surface area (Å²) in [7, 11) is 0. The summed E-state index contributed by atoms with van der Waals surface area (Å²) in [5.41, 5.74) is 7.57. The molecule has 8 heteroatoms. The van der Waals surface area contributed by atoms with E-state index in [0.29, 0.717) is 22.7 Å². The second kappa shape index (κ2) is 9.93. The Balaban J connectivity index is 1.67. The van der Waals surface area contributed by atoms with Crippen LogP contribution in [0.1, 0.15) is 28.4 Å². The molecular formula is C23H22N4O4. The quantitative estimate of drug-likeness (QED) is 0.278. The molecule has 0 aromatic heterocycles. The number of nitrogens with two attached hydrogens (primary N) is 1. The van der Waals surface area contributed by atoms with Crippen LogP contribution in [-0.2, 0) is 4.79 Å². The van der Waals surface area contributed by atoms with Crippen molar-refractivity contribution < 1.29 is 19.4 Å². The van der Waals surface area contributed by atoms with Gasteiger partial charge in [0, 0.05) is 16.9 Å². The van der Waals surface area contributed by atoms with Gasteiger partial charge in [-0.1, -0.05) is 36.4 Å². The molecule has 1 unspecified atom stereocenters. The monoisotopic (exact) mass is 418 g/mol. The first-order chi connectivity index (χ1) is 14.9. The maximum Gasteiger partial charge on any atom is 0.307 e. The summed E-state index contributed by atoms with van der Waals surface area (Å²) in [6, 6.07) is 22.4. The van der Waals surface area contributed by atoms with E-state index in [1.807, 2.05) is 30.3 Å². The van der Waals surface area contributed by atoms with Gasteiger partial charge >= 0.3 is 5.97 Å². The molecule has 1 atom stereocenters. The number of nitrogens with one attached hydrogen (secondary N) is 3. The van der Waals surface area contributed by atoms with E-state index in [1.165, 1.54) is 0 Å². The fourth-order valence-corrected chi connectivity index (χ4v) is 2.93. The van der Waals surface area contributed by atoms with Gasteiger partial charge in [-0.25, -0.2) is 0 Å². The first kappa shape index (κ1) is 21.4. The molecule has 0 aliphatic rings. The van der Waals surface area contributed by atoms with E-state index < -0.39 is 12.1 Å². The van der Waals surface area contributed by atoms with Crippen LogP contribution in [0.3, 0.4) is 0 Å². The van der Waals surface area contributed by atoms with Gasteiger partial charge in [0.15, 0.2) is 5.96 Å². The number of carbonyl (C=O) groups excluding carboxylic acids is 1. The van der Waals surface area contributed by atoms with Crippen LogP contribution in [0, 0.1) is 5.41 Å². The zero-order chi connectivity index (χ0) is 22.2. The van der Waals surface area contributed by atoms with Crippen molar-refractivity contribution in [2.24, 2.45) is 5.73 Å². The topological polar surface area (TPSA) is 138 Å². The highest BCUT2D eigenvalue weighted by atomic mass is 16.5. The van der Waals surface area contributed by atoms with E-state index in [0.717, 1.165) is 5.56 Å². The molecule has 0 spiro atoms. The molecule has 31 heavy (non-hydrogen) atoms. The summed E-state index contributed by atoms with van der Waals surface area (Å²) < 4.78 is 5.87. The summed E-state index contributed by atoms with van der Waals surface area (Å²) in [4.78, 5) is 23.7. The number of hydrogen-bond donors (Lipinski definition) is 5. The smallest absolute Gasteiger partial charge is 0.307 e. The van der Waals surface area contributed by atoms with Crippen LogP contribution in [0.15, 0.2) is 78.9 Å². The van der Waals surface area contributed by atoms with Gasteiger partial charge in [0.1, 0.15) is 11.9 Å². The van der Waals surface area contributed by atoms with Crippen molar-refractivity contribution in [3.05, 3.63) is 90.0 Å². The fourth-order valence-electron chi connectivity index (χ4n) is 2.93. The number of anilines is 2. The Bertz CT molecular complexity index is 1070. The molecule has 0 bridgehead atoms. The van der Waals surface area contributed by atoms with Crippen LogP contribution < -0.4 is 21.1 Å². The highest BCUT2D eigenvalue weighted by molar-refractivity contribution is 6.05. The molecule has 0 aliphatic heterocycles. The molecule has 0 radical (unpaired) electrons. The zero-order valence-electron chi connectivity index (χ0n) is 16.5. The van der Waals surface area contributed by atoms with Gasteiger partial charge in [-0.2, -0.15) is 0 Å². The van der Waals surface area contributed by atoms with Gasteiger partial charge in [0.05, 0.1) is 6.42 Å². The molecule has 1 amide bonds. The van der Waals surface area contributed by atoms with E-state index in [1.54, 1.807) is 48.5 Å². The number of rotatable bonds is 8. The molecular weight excluding hydrogens is 396 g/mol. The fraction of sp³-hybridized carbons (Fsp3) is 0.0870. The summed E-state index contributed by atoms with van der Waals surface area (Å²) in [6.07, 6.45) is -0.802. The lowest BCUT2D eigenvalue weighted by molar-refractivity contribution is -0.138. The lowest BCUT2D eigenvalue weighted by Crippen LogP contribution is -2.20. The molecule has 0 fully saturated rings. The molecule has 0 aliphatic carbocycles. The van der Waals surface area contributed by atoms with Gasteiger partial charge in [-0.05, 0) is 48.0 Å². The number of aliphatic carboxylic acids is 1. The normalized spacial score (nSPS) is 11.2. The van der Waals surface area contributed by atoms with Crippen LogP contribution >= 0.6 is 0 Å². The molecule has 0 heterocycles. The van der Waals surface area contributed by atoms with Crippen molar-refractivity contribution >= 4 is 29.2 Å². The van der Waals surface area contributed by atoms with E-state index >= 15 is 0 Å².